The molecule has 0 radical (unpaired) electrons. The van der Waals surface area contributed by atoms with E-state index in [0.717, 1.165) is 47.9 Å². The summed E-state index contributed by atoms with van der Waals surface area (Å²) in [5.41, 5.74) is 4.06. The first-order valence-corrected chi connectivity index (χ1v) is 9.18. The molecule has 1 aromatic heterocycles. The highest BCUT2D eigenvalue weighted by molar-refractivity contribution is 6.35. The Kier molecular flexibility index (Phi) is 5.07. The molecule has 0 saturated carbocycles. The van der Waals surface area contributed by atoms with E-state index in [1.807, 2.05) is 36.5 Å². The van der Waals surface area contributed by atoms with Gasteiger partial charge in [0.05, 0.1) is 5.69 Å². The lowest BCUT2D eigenvalue weighted by molar-refractivity contribution is 0.306. The third-order valence-corrected chi connectivity index (χ3v) is 5.07. The van der Waals surface area contributed by atoms with Crippen molar-refractivity contribution >= 4 is 23.2 Å². The van der Waals surface area contributed by atoms with Crippen LogP contribution in [0.4, 0.5) is 0 Å². The van der Waals surface area contributed by atoms with Gasteiger partial charge in [-0.15, -0.1) is 0 Å². The molecule has 1 aliphatic heterocycles. The Bertz CT molecular complexity index is 909. The van der Waals surface area contributed by atoms with Crippen molar-refractivity contribution in [3.05, 3.63) is 75.5 Å². The SMILES string of the molecule is Clc1cccc(Cl)c1COc1ccc(-c2ncc3c(n2)CCNC3)cc1. The largest absolute Gasteiger partial charge is 0.489 e. The van der Waals surface area contributed by atoms with Crippen molar-refractivity contribution in [2.75, 3.05) is 6.54 Å². The van der Waals surface area contributed by atoms with Crippen molar-refractivity contribution < 1.29 is 4.74 Å². The molecule has 0 spiro atoms. The summed E-state index contributed by atoms with van der Waals surface area (Å²) in [5, 5.41) is 4.53. The highest BCUT2D eigenvalue weighted by Crippen LogP contribution is 2.27. The Balaban J connectivity index is 1.48. The van der Waals surface area contributed by atoms with Crippen molar-refractivity contribution in [2.24, 2.45) is 0 Å². The van der Waals surface area contributed by atoms with Crippen molar-refractivity contribution in [2.45, 2.75) is 19.6 Å². The second-order valence-corrected chi connectivity index (χ2v) is 6.92. The monoisotopic (exact) mass is 385 g/mol. The average molecular weight is 386 g/mol. The summed E-state index contributed by atoms with van der Waals surface area (Å²) >= 11 is 12.3. The van der Waals surface area contributed by atoms with E-state index in [-0.39, 0.29) is 0 Å². The maximum atomic E-state index is 6.17. The van der Waals surface area contributed by atoms with Gasteiger partial charge in [0.15, 0.2) is 5.82 Å². The predicted molar refractivity (Wildman–Crippen MR) is 104 cm³/mol. The van der Waals surface area contributed by atoms with Crippen molar-refractivity contribution in [3.63, 3.8) is 0 Å². The van der Waals surface area contributed by atoms with Gasteiger partial charge in [0, 0.05) is 52.4 Å². The zero-order valence-corrected chi connectivity index (χ0v) is 15.5. The quantitative estimate of drug-likeness (QED) is 0.708. The molecule has 2 aromatic carbocycles. The highest BCUT2D eigenvalue weighted by Gasteiger charge is 2.12. The highest BCUT2D eigenvalue weighted by atomic mass is 35.5. The molecule has 4 rings (SSSR count). The molecule has 0 saturated heterocycles. The maximum Gasteiger partial charge on any atom is 0.159 e. The summed E-state index contributed by atoms with van der Waals surface area (Å²) in [6.45, 7) is 2.12. The molecular formula is C20H17Cl2N3O. The van der Waals surface area contributed by atoms with Crippen LogP contribution in [0.15, 0.2) is 48.7 Å². The zero-order valence-electron chi connectivity index (χ0n) is 14.0. The van der Waals surface area contributed by atoms with Gasteiger partial charge in [-0.25, -0.2) is 9.97 Å². The standard InChI is InChI=1S/C20H17Cl2N3O/c21-17-2-1-3-18(22)16(17)12-26-15-6-4-13(5-7-15)20-24-11-14-10-23-9-8-19(14)25-20/h1-7,11,23H,8-10,12H2. The first kappa shape index (κ1) is 17.3. The fourth-order valence-electron chi connectivity index (χ4n) is 2.90. The number of nitrogens with one attached hydrogen (secondary N) is 1. The van der Waals surface area contributed by atoms with Gasteiger partial charge in [-0.3, -0.25) is 0 Å². The van der Waals surface area contributed by atoms with E-state index in [1.54, 1.807) is 12.1 Å². The van der Waals surface area contributed by atoms with Crippen LogP contribution in [0.2, 0.25) is 10.0 Å². The van der Waals surface area contributed by atoms with Gasteiger partial charge in [0.2, 0.25) is 0 Å². The number of fused-ring (bicyclic) bond motifs is 1. The summed E-state index contributed by atoms with van der Waals surface area (Å²) in [4.78, 5) is 9.19. The molecule has 3 aromatic rings. The summed E-state index contributed by atoms with van der Waals surface area (Å²) in [7, 11) is 0. The Labute approximate surface area is 162 Å². The smallest absolute Gasteiger partial charge is 0.159 e. The zero-order chi connectivity index (χ0) is 17.9. The van der Waals surface area contributed by atoms with Gasteiger partial charge < -0.3 is 10.1 Å². The maximum absolute atomic E-state index is 6.17. The van der Waals surface area contributed by atoms with Crippen molar-refractivity contribution in [3.8, 4) is 17.1 Å². The second kappa shape index (κ2) is 7.62. The van der Waals surface area contributed by atoms with Crippen LogP contribution in [0.1, 0.15) is 16.8 Å². The van der Waals surface area contributed by atoms with Crippen molar-refractivity contribution in [1.29, 1.82) is 0 Å². The van der Waals surface area contributed by atoms with E-state index in [1.165, 1.54) is 5.56 Å². The normalized spacial score (nSPS) is 13.3. The molecule has 0 unspecified atom stereocenters. The Hall–Kier alpha value is -2.14. The topological polar surface area (TPSA) is 47.0 Å². The Morgan fingerprint density at radius 1 is 1.04 bits per heavy atom. The van der Waals surface area contributed by atoms with Gasteiger partial charge in [-0.2, -0.15) is 0 Å². The third kappa shape index (κ3) is 3.68. The van der Waals surface area contributed by atoms with Crippen LogP contribution in [-0.2, 0) is 19.6 Å². The van der Waals surface area contributed by atoms with Crippen LogP contribution in [0.3, 0.4) is 0 Å². The van der Waals surface area contributed by atoms with E-state index in [4.69, 9.17) is 32.9 Å². The van der Waals surface area contributed by atoms with E-state index < -0.39 is 0 Å². The molecule has 26 heavy (non-hydrogen) atoms. The third-order valence-electron chi connectivity index (χ3n) is 4.37. The molecule has 1 N–H and O–H groups in total. The van der Waals surface area contributed by atoms with Crippen LogP contribution in [0.5, 0.6) is 5.75 Å². The lowest BCUT2D eigenvalue weighted by Gasteiger charge is -2.16. The molecule has 132 valence electrons. The van der Waals surface area contributed by atoms with Crippen LogP contribution < -0.4 is 10.1 Å². The van der Waals surface area contributed by atoms with E-state index in [0.29, 0.717) is 16.7 Å². The Morgan fingerprint density at radius 2 is 1.81 bits per heavy atom. The van der Waals surface area contributed by atoms with Crippen LogP contribution >= 0.6 is 23.2 Å². The van der Waals surface area contributed by atoms with Gasteiger partial charge in [0.25, 0.3) is 0 Å². The van der Waals surface area contributed by atoms with Crippen LogP contribution in [0, 0.1) is 0 Å². The van der Waals surface area contributed by atoms with E-state index in [2.05, 4.69) is 10.3 Å². The van der Waals surface area contributed by atoms with Crippen LogP contribution in [0.25, 0.3) is 11.4 Å². The minimum absolute atomic E-state index is 0.320. The number of ether oxygens (including phenoxy) is 1. The Morgan fingerprint density at radius 3 is 2.58 bits per heavy atom. The first-order chi connectivity index (χ1) is 12.7. The number of hydrogen-bond donors (Lipinski definition) is 1. The summed E-state index contributed by atoms with van der Waals surface area (Å²) in [5.74, 6) is 1.48. The minimum atomic E-state index is 0.320. The number of nitrogens with zero attached hydrogens (tertiary/aromatic N) is 2. The first-order valence-electron chi connectivity index (χ1n) is 8.42. The number of aromatic nitrogens is 2. The summed E-state index contributed by atoms with van der Waals surface area (Å²) in [6, 6.07) is 13.2. The molecule has 0 atom stereocenters. The van der Waals surface area contributed by atoms with Gasteiger partial charge in [0.1, 0.15) is 12.4 Å². The summed E-state index contributed by atoms with van der Waals surface area (Å²) in [6.07, 6.45) is 2.85. The average Bonchev–Trinajstić information content (AvgIpc) is 2.68. The van der Waals surface area contributed by atoms with Gasteiger partial charge >= 0.3 is 0 Å². The van der Waals surface area contributed by atoms with E-state index >= 15 is 0 Å². The van der Waals surface area contributed by atoms with Crippen molar-refractivity contribution in [1.82, 2.24) is 15.3 Å². The number of halogens is 2. The minimum Gasteiger partial charge on any atom is -0.489 e. The van der Waals surface area contributed by atoms with Gasteiger partial charge in [-0.1, -0.05) is 29.3 Å². The number of rotatable bonds is 4. The fourth-order valence-corrected chi connectivity index (χ4v) is 3.41. The predicted octanol–water partition coefficient (Wildman–Crippen LogP) is 4.68. The lowest BCUT2D eigenvalue weighted by Crippen LogP contribution is -2.24. The lowest BCUT2D eigenvalue weighted by atomic mass is 10.1. The molecule has 4 nitrogen and oxygen atoms in total. The molecule has 0 amide bonds. The molecular weight excluding hydrogens is 369 g/mol. The fraction of sp³-hybridized carbons (Fsp3) is 0.200. The summed E-state index contributed by atoms with van der Waals surface area (Å²) < 4.78 is 5.82. The molecule has 0 fully saturated rings. The number of hydrogen-bond acceptors (Lipinski definition) is 4. The molecule has 0 bridgehead atoms. The van der Waals surface area contributed by atoms with E-state index in [9.17, 15) is 0 Å². The molecule has 2 heterocycles. The molecule has 6 heteroatoms. The number of benzene rings is 2. The van der Waals surface area contributed by atoms with Gasteiger partial charge in [-0.05, 0) is 36.4 Å². The second-order valence-electron chi connectivity index (χ2n) is 6.11. The molecule has 0 aliphatic carbocycles. The van der Waals surface area contributed by atoms with Crippen LogP contribution in [-0.4, -0.2) is 16.5 Å². The molecule has 1 aliphatic rings.